The molecule has 0 amide bonds. The Hall–Kier alpha value is -1.79. The van der Waals surface area contributed by atoms with Gasteiger partial charge in [-0.25, -0.2) is 13.1 Å². The summed E-state index contributed by atoms with van der Waals surface area (Å²) in [6.07, 6.45) is 3.75. The van der Waals surface area contributed by atoms with E-state index in [4.69, 9.17) is 4.42 Å². The number of nitrogens with zero attached hydrogens (tertiary/aromatic N) is 1. The van der Waals surface area contributed by atoms with Gasteiger partial charge in [0.05, 0.1) is 12.5 Å². The van der Waals surface area contributed by atoms with Gasteiger partial charge in [0.2, 0.25) is 10.0 Å². The molecule has 112 valence electrons. The first kappa shape index (κ1) is 14.2. The molecular formula is C15H18N2O3S. The van der Waals surface area contributed by atoms with E-state index in [-0.39, 0.29) is 6.04 Å². The Labute approximate surface area is 124 Å². The molecule has 1 aromatic heterocycles. The van der Waals surface area contributed by atoms with Crippen molar-refractivity contribution >= 4 is 15.7 Å². The van der Waals surface area contributed by atoms with Gasteiger partial charge in [0.15, 0.2) is 0 Å². The molecule has 0 aliphatic carbocycles. The highest BCUT2D eigenvalue weighted by atomic mass is 32.2. The third kappa shape index (κ3) is 3.11. The van der Waals surface area contributed by atoms with E-state index in [0.29, 0.717) is 6.54 Å². The number of fused-ring (bicyclic) bond motifs is 1. The van der Waals surface area contributed by atoms with Gasteiger partial charge < -0.3 is 9.32 Å². The van der Waals surface area contributed by atoms with Crippen molar-refractivity contribution in [3.63, 3.8) is 0 Å². The summed E-state index contributed by atoms with van der Waals surface area (Å²) in [7, 11) is -3.24. The fraction of sp³-hybridized carbons (Fsp3) is 0.333. The molecule has 2 heterocycles. The first-order valence-corrected chi connectivity index (χ1v) is 8.76. The number of benzene rings is 1. The van der Waals surface area contributed by atoms with Crippen LogP contribution in [0.25, 0.3) is 0 Å². The van der Waals surface area contributed by atoms with E-state index in [2.05, 4.69) is 21.8 Å². The fourth-order valence-corrected chi connectivity index (χ4v) is 3.22. The van der Waals surface area contributed by atoms with Crippen LogP contribution in [0.2, 0.25) is 0 Å². The molecule has 21 heavy (non-hydrogen) atoms. The van der Waals surface area contributed by atoms with Crippen molar-refractivity contribution in [1.29, 1.82) is 0 Å². The third-order valence-corrected chi connectivity index (χ3v) is 4.40. The lowest BCUT2D eigenvalue weighted by molar-refractivity contribution is 0.447. The van der Waals surface area contributed by atoms with Crippen LogP contribution in [0.15, 0.2) is 47.1 Å². The summed E-state index contributed by atoms with van der Waals surface area (Å²) in [5.41, 5.74) is 2.43. The Balaban J connectivity index is 1.90. The smallest absolute Gasteiger partial charge is 0.208 e. The monoisotopic (exact) mass is 306 g/mol. The maximum Gasteiger partial charge on any atom is 0.208 e. The lowest BCUT2D eigenvalue weighted by Gasteiger charge is -2.29. The zero-order valence-electron chi connectivity index (χ0n) is 11.8. The number of nitrogens with one attached hydrogen (secondary N) is 1. The summed E-state index contributed by atoms with van der Waals surface area (Å²) in [6.45, 7) is 1.15. The van der Waals surface area contributed by atoms with E-state index < -0.39 is 10.0 Å². The summed E-state index contributed by atoms with van der Waals surface area (Å²) in [5.74, 6) is 0.767. The van der Waals surface area contributed by atoms with Crippen molar-refractivity contribution in [2.75, 3.05) is 24.2 Å². The first-order valence-electron chi connectivity index (χ1n) is 6.87. The maximum atomic E-state index is 11.4. The van der Waals surface area contributed by atoms with Gasteiger partial charge in [-0.05, 0) is 30.2 Å². The van der Waals surface area contributed by atoms with Gasteiger partial charge in [0, 0.05) is 18.8 Å². The maximum absolute atomic E-state index is 11.4. The molecule has 0 radical (unpaired) electrons. The summed E-state index contributed by atoms with van der Waals surface area (Å²) < 4.78 is 30.9. The summed E-state index contributed by atoms with van der Waals surface area (Å²) in [4.78, 5) is 2.20. The van der Waals surface area contributed by atoms with E-state index in [1.54, 1.807) is 6.26 Å². The first-order chi connectivity index (χ1) is 10.0. The highest BCUT2D eigenvalue weighted by Crippen LogP contribution is 2.34. The number of sulfonamides is 1. The average Bonchev–Trinajstić information content (AvgIpc) is 3.08. The zero-order valence-corrected chi connectivity index (χ0v) is 12.6. The van der Waals surface area contributed by atoms with E-state index in [9.17, 15) is 8.42 Å². The standard InChI is InChI=1S/C15H18N2O3S/c1-21(18,19)16-11-14(15-7-4-10-20-15)17-9-8-12-5-2-3-6-13(12)17/h2-7,10,14,16H,8-9,11H2,1H3/t14-/m1/s1. The second-order valence-corrected chi connectivity index (χ2v) is 7.06. The molecule has 6 heteroatoms. The number of anilines is 1. The molecule has 3 rings (SSSR count). The van der Waals surface area contributed by atoms with Gasteiger partial charge in [0.25, 0.3) is 0 Å². The molecule has 1 aliphatic heterocycles. The van der Waals surface area contributed by atoms with E-state index >= 15 is 0 Å². The largest absolute Gasteiger partial charge is 0.467 e. The lowest BCUT2D eigenvalue weighted by atomic mass is 10.1. The molecular weight excluding hydrogens is 288 g/mol. The molecule has 2 aromatic rings. The highest BCUT2D eigenvalue weighted by molar-refractivity contribution is 7.88. The Morgan fingerprint density at radius 2 is 2.10 bits per heavy atom. The highest BCUT2D eigenvalue weighted by Gasteiger charge is 2.29. The summed E-state index contributed by atoms with van der Waals surface area (Å²) in [6, 6.07) is 11.8. The lowest BCUT2D eigenvalue weighted by Crippen LogP contribution is -2.36. The number of hydrogen-bond donors (Lipinski definition) is 1. The molecule has 0 saturated heterocycles. The Bertz CT molecular complexity index is 710. The minimum absolute atomic E-state index is 0.140. The zero-order chi connectivity index (χ0) is 14.9. The van der Waals surface area contributed by atoms with Crippen molar-refractivity contribution in [3.8, 4) is 0 Å². The quantitative estimate of drug-likeness (QED) is 0.917. The molecule has 1 aromatic carbocycles. The van der Waals surface area contributed by atoms with Crippen molar-refractivity contribution in [1.82, 2.24) is 4.72 Å². The SMILES string of the molecule is CS(=O)(=O)NC[C@H](c1ccco1)N1CCc2ccccc21. The van der Waals surface area contributed by atoms with Crippen molar-refractivity contribution < 1.29 is 12.8 Å². The second kappa shape index (κ2) is 5.54. The second-order valence-electron chi connectivity index (χ2n) is 5.22. The molecule has 0 saturated carbocycles. The Kier molecular flexibility index (Phi) is 3.73. The summed E-state index contributed by atoms with van der Waals surface area (Å²) in [5, 5.41) is 0. The van der Waals surface area contributed by atoms with Crippen LogP contribution in [0.4, 0.5) is 5.69 Å². The van der Waals surface area contributed by atoms with Crippen LogP contribution < -0.4 is 9.62 Å². The number of para-hydroxylation sites is 1. The van der Waals surface area contributed by atoms with E-state index in [1.807, 2.05) is 24.3 Å². The molecule has 0 fully saturated rings. The minimum atomic E-state index is -3.24. The van der Waals surface area contributed by atoms with Crippen LogP contribution in [-0.2, 0) is 16.4 Å². The van der Waals surface area contributed by atoms with Crippen LogP contribution in [0.5, 0.6) is 0 Å². The predicted molar refractivity (Wildman–Crippen MR) is 81.8 cm³/mol. The van der Waals surface area contributed by atoms with Gasteiger partial charge in [-0.15, -0.1) is 0 Å². The predicted octanol–water partition coefficient (Wildman–Crippen LogP) is 1.93. The van der Waals surface area contributed by atoms with Crippen LogP contribution in [0.1, 0.15) is 17.4 Å². The van der Waals surface area contributed by atoms with E-state index in [0.717, 1.165) is 24.4 Å². The van der Waals surface area contributed by atoms with Crippen molar-refractivity contribution in [3.05, 3.63) is 54.0 Å². The topological polar surface area (TPSA) is 62.6 Å². The summed E-state index contributed by atoms with van der Waals surface area (Å²) >= 11 is 0. The van der Waals surface area contributed by atoms with Crippen LogP contribution in [0, 0.1) is 0 Å². The van der Waals surface area contributed by atoms with E-state index in [1.165, 1.54) is 11.8 Å². The van der Waals surface area contributed by atoms with Crippen LogP contribution in [0.3, 0.4) is 0 Å². The molecule has 1 N–H and O–H groups in total. The number of furan rings is 1. The minimum Gasteiger partial charge on any atom is -0.467 e. The van der Waals surface area contributed by atoms with Gasteiger partial charge in [0.1, 0.15) is 11.8 Å². The average molecular weight is 306 g/mol. The van der Waals surface area contributed by atoms with Gasteiger partial charge in [-0.3, -0.25) is 0 Å². The Morgan fingerprint density at radius 1 is 1.29 bits per heavy atom. The van der Waals surface area contributed by atoms with Gasteiger partial charge in [-0.2, -0.15) is 0 Å². The van der Waals surface area contributed by atoms with Gasteiger partial charge >= 0.3 is 0 Å². The molecule has 1 atom stereocenters. The third-order valence-electron chi connectivity index (χ3n) is 3.71. The van der Waals surface area contributed by atoms with Crippen LogP contribution >= 0.6 is 0 Å². The van der Waals surface area contributed by atoms with Crippen molar-refractivity contribution in [2.24, 2.45) is 0 Å². The fourth-order valence-electron chi connectivity index (χ4n) is 2.76. The Morgan fingerprint density at radius 3 is 2.81 bits per heavy atom. The molecule has 0 spiro atoms. The number of rotatable bonds is 5. The van der Waals surface area contributed by atoms with Crippen LogP contribution in [-0.4, -0.2) is 27.8 Å². The molecule has 5 nitrogen and oxygen atoms in total. The number of hydrogen-bond acceptors (Lipinski definition) is 4. The molecule has 1 aliphatic rings. The van der Waals surface area contributed by atoms with Crippen molar-refractivity contribution in [2.45, 2.75) is 12.5 Å². The normalized spacial score (nSPS) is 16.0. The van der Waals surface area contributed by atoms with Gasteiger partial charge in [-0.1, -0.05) is 18.2 Å². The molecule has 0 bridgehead atoms. The molecule has 0 unspecified atom stereocenters.